The molecule has 0 saturated carbocycles. The number of aromatic carboxylic acids is 1. The van der Waals surface area contributed by atoms with Crippen LogP contribution in [0.3, 0.4) is 0 Å². The van der Waals surface area contributed by atoms with Gasteiger partial charge in [0.1, 0.15) is 5.56 Å². The SMILES string of the molecule is O=C(O)c1cccn(C(CO)c2ccccc2)c1=O. The molecule has 0 amide bonds. The Morgan fingerprint density at radius 2 is 1.84 bits per heavy atom. The van der Waals surface area contributed by atoms with E-state index in [0.717, 1.165) is 5.56 Å². The minimum atomic E-state index is -1.27. The summed E-state index contributed by atoms with van der Waals surface area (Å²) in [5.41, 5.74) is -0.190. The van der Waals surface area contributed by atoms with E-state index in [4.69, 9.17) is 5.11 Å². The van der Waals surface area contributed by atoms with E-state index in [1.807, 2.05) is 6.07 Å². The molecule has 2 aromatic rings. The Morgan fingerprint density at radius 1 is 1.16 bits per heavy atom. The largest absolute Gasteiger partial charge is 0.477 e. The molecule has 5 nitrogen and oxygen atoms in total. The molecular weight excluding hydrogens is 246 g/mol. The highest BCUT2D eigenvalue weighted by Crippen LogP contribution is 2.15. The first-order chi connectivity index (χ1) is 9.15. The van der Waals surface area contributed by atoms with Crippen LogP contribution in [0.25, 0.3) is 0 Å². The lowest BCUT2D eigenvalue weighted by Crippen LogP contribution is -2.31. The van der Waals surface area contributed by atoms with Gasteiger partial charge in [-0.2, -0.15) is 0 Å². The van der Waals surface area contributed by atoms with Crippen molar-refractivity contribution in [2.24, 2.45) is 0 Å². The summed E-state index contributed by atoms with van der Waals surface area (Å²) in [4.78, 5) is 23.0. The van der Waals surface area contributed by atoms with Crippen LogP contribution in [0.1, 0.15) is 22.0 Å². The van der Waals surface area contributed by atoms with Crippen molar-refractivity contribution in [3.63, 3.8) is 0 Å². The average molecular weight is 259 g/mol. The van der Waals surface area contributed by atoms with Crippen LogP contribution in [0.4, 0.5) is 0 Å². The second kappa shape index (κ2) is 5.49. The number of carbonyl (C=O) groups is 1. The van der Waals surface area contributed by atoms with Crippen LogP contribution in [0.5, 0.6) is 0 Å². The third kappa shape index (κ3) is 2.56. The number of carboxylic acid groups (broad SMARTS) is 1. The van der Waals surface area contributed by atoms with E-state index in [2.05, 4.69) is 0 Å². The highest BCUT2D eigenvalue weighted by Gasteiger charge is 2.17. The van der Waals surface area contributed by atoms with E-state index in [1.165, 1.54) is 22.9 Å². The Labute approximate surface area is 109 Å². The number of hydrogen-bond donors (Lipinski definition) is 2. The molecular formula is C14H13NO4. The maximum absolute atomic E-state index is 12.1. The fraction of sp³-hybridized carbons (Fsp3) is 0.143. The Morgan fingerprint density at radius 3 is 2.42 bits per heavy atom. The van der Waals surface area contributed by atoms with E-state index in [1.54, 1.807) is 24.3 Å². The molecule has 1 heterocycles. The van der Waals surface area contributed by atoms with Gasteiger partial charge >= 0.3 is 5.97 Å². The summed E-state index contributed by atoms with van der Waals surface area (Å²) >= 11 is 0. The lowest BCUT2D eigenvalue weighted by atomic mass is 10.1. The summed E-state index contributed by atoms with van der Waals surface area (Å²) in [5.74, 6) is -1.27. The van der Waals surface area contributed by atoms with Gasteiger partial charge in [-0.15, -0.1) is 0 Å². The van der Waals surface area contributed by atoms with Gasteiger partial charge in [0.25, 0.3) is 5.56 Å². The average Bonchev–Trinajstić information content (AvgIpc) is 2.42. The standard InChI is InChI=1S/C14H13NO4/c16-9-12(10-5-2-1-3-6-10)15-8-4-7-11(13(15)17)14(18)19/h1-8,12,16H,9H2,(H,18,19). The van der Waals surface area contributed by atoms with Gasteiger partial charge in [0.05, 0.1) is 12.6 Å². The number of carboxylic acids is 1. The summed E-state index contributed by atoms with van der Waals surface area (Å²) in [6.45, 7) is -0.285. The third-order valence-corrected chi connectivity index (χ3v) is 2.90. The van der Waals surface area contributed by atoms with Gasteiger partial charge < -0.3 is 14.8 Å². The molecule has 1 atom stereocenters. The summed E-state index contributed by atoms with van der Waals surface area (Å²) < 4.78 is 1.23. The molecule has 0 aliphatic carbocycles. The predicted molar refractivity (Wildman–Crippen MR) is 69.3 cm³/mol. The van der Waals surface area contributed by atoms with Crippen LogP contribution in [0.15, 0.2) is 53.5 Å². The number of nitrogens with zero attached hydrogens (tertiary/aromatic N) is 1. The monoisotopic (exact) mass is 259 g/mol. The van der Waals surface area contributed by atoms with Crippen LogP contribution in [-0.4, -0.2) is 27.4 Å². The zero-order valence-corrected chi connectivity index (χ0v) is 10.1. The normalized spacial score (nSPS) is 12.1. The van der Waals surface area contributed by atoms with Crippen molar-refractivity contribution in [3.05, 3.63) is 70.1 Å². The van der Waals surface area contributed by atoms with Gasteiger partial charge in [0.2, 0.25) is 0 Å². The predicted octanol–water partition coefficient (Wildman–Crippen LogP) is 1.13. The molecule has 1 aromatic carbocycles. The molecule has 98 valence electrons. The van der Waals surface area contributed by atoms with Crippen molar-refractivity contribution in [3.8, 4) is 0 Å². The third-order valence-electron chi connectivity index (χ3n) is 2.90. The van der Waals surface area contributed by atoms with E-state index in [9.17, 15) is 14.7 Å². The molecule has 1 unspecified atom stereocenters. The van der Waals surface area contributed by atoms with Crippen molar-refractivity contribution < 1.29 is 15.0 Å². The maximum atomic E-state index is 12.1. The van der Waals surface area contributed by atoms with Gasteiger partial charge in [-0.05, 0) is 17.7 Å². The molecule has 0 fully saturated rings. The number of benzene rings is 1. The fourth-order valence-corrected chi connectivity index (χ4v) is 1.95. The minimum Gasteiger partial charge on any atom is -0.477 e. The summed E-state index contributed by atoms with van der Waals surface area (Å²) in [5, 5.41) is 18.4. The zero-order chi connectivity index (χ0) is 13.8. The van der Waals surface area contributed by atoms with Crippen molar-refractivity contribution in [1.29, 1.82) is 0 Å². The maximum Gasteiger partial charge on any atom is 0.341 e. The topological polar surface area (TPSA) is 79.5 Å². The lowest BCUT2D eigenvalue weighted by molar-refractivity contribution is 0.0693. The van der Waals surface area contributed by atoms with Crippen LogP contribution < -0.4 is 5.56 Å². The van der Waals surface area contributed by atoms with E-state index in [-0.39, 0.29) is 12.2 Å². The second-order valence-electron chi connectivity index (χ2n) is 4.05. The molecule has 0 bridgehead atoms. The van der Waals surface area contributed by atoms with Gasteiger partial charge in [-0.1, -0.05) is 30.3 Å². The van der Waals surface area contributed by atoms with Gasteiger partial charge in [0, 0.05) is 6.20 Å². The molecule has 0 radical (unpaired) electrons. The summed E-state index contributed by atoms with van der Waals surface area (Å²) in [7, 11) is 0. The van der Waals surface area contributed by atoms with Crippen LogP contribution >= 0.6 is 0 Å². The number of hydrogen-bond acceptors (Lipinski definition) is 3. The Bertz CT molecular complexity index is 633. The van der Waals surface area contributed by atoms with Crippen LogP contribution in [0, 0.1) is 0 Å². The second-order valence-corrected chi connectivity index (χ2v) is 4.05. The molecule has 0 aliphatic heterocycles. The van der Waals surface area contributed by atoms with Crippen molar-refractivity contribution in [1.82, 2.24) is 4.57 Å². The van der Waals surface area contributed by atoms with E-state index >= 15 is 0 Å². The highest BCUT2D eigenvalue weighted by atomic mass is 16.4. The molecule has 0 spiro atoms. The number of rotatable bonds is 4. The first kappa shape index (κ1) is 13.0. The van der Waals surface area contributed by atoms with Crippen LogP contribution in [0.2, 0.25) is 0 Å². The molecule has 2 N–H and O–H groups in total. The first-order valence-electron chi connectivity index (χ1n) is 5.75. The molecule has 2 rings (SSSR count). The van der Waals surface area contributed by atoms with Crippen molar-refractivity contribution in [2.45, 2.75) is 6.04 Å². The number of pyridine rings is 1. The summed E-state index contributed by atoms with van der Waals surface area (Å²) in [6, 6.07) is 11.1. The molecule has 19 heavy (non-hydrogen) atoms. The van der Waals surface area contributed by atoms with Crippen molar-refractivity contribution >= 4 is 5.97 Å². The fourth-order valence-electron chi connectivity index (χ4n) is 1.95. The summed E-state index contributed by atoms with van der Waals surface area (Å²) in [6.07, 6.45) is 1.47. The van der Waals surface area contributed by atoms with Gasteiger partial charge in [-0.25, -0.2) is 4.79 Å². The number of aliphatic hydroxyl groups is 1. The minimum absolute atomic E-state index is 0.285. The Kier molecular flexibility index (Phi) is 3.77. The highest BCUT2D eigenvalue weighted by molar-refractivity contribution is 5.87. The number of aliphatic hydroxyl groups excluding tert-OH is 1. The molecule has 0 saturated heterocycles. The van der Waals surface area contributed by atoms with E-state index in [0.29, 0.717) is 0 Å². The zero-order valence-electron chi connectivity index (χ0n) is 10.1. The van der Waals surface area contributed by atoms with Gasteiger partial charge in [0.15, 0.2) is 0 Å². The first-order valence-corrected chi connectivity index (χ1v) is 5.75. The Balaban J connectivity index is 2.54. The van der Waals surface area contributed by atoms with E-state index < -0.39 is 17.6 Å². The van der Waals surface area contributed by atoms with Crippen LogP contribution in [-0.2, 0) is 0 Å². The molecule has 1 aromatic heterocycles. The Hall–Kier alpha value is -2.40. The molecule has 0 aliphatic rings. The molecule has 5 heteroatoms. The van der Waals surface area contributed by atoms with Crippen molar-refractivity contribution in [2.75, 3.05) is 6.61 Å². The smallest absolute Gasteiger partial charge is 0.341 e. The quantitative estimate of drug-likeness (QED) is 0.862. The van der Waals surface area contributed by atoms with Gasteiger partial charge in [-0.3, -0.25) is 4.79 Å². The number of aromatic nitrogens is 1. The lowest BCUT2D eigenvalue weighted by Gasteiger charge is -2.18.